The Morgan fingerprint density at radius 3 is 2.62 bits per heavy atom. The van der Waals surface area contributed by atoms with Crippen LogP contribution in [0, 0.1) is 6.92 Å². The van der Waals surface area contributed by atoms with E-state index in [1.165, 1.54) is 15.4 Å². The number of nitrogens with two attached hydrogens (primary N) is 1. The Kier molecular flexibility index (Phi) is 3.56. The third-order valence-electron chi connectivity index (χ3n) is 2.17. The van der Waals surface area contributed by atoms with Gasteiger partial charge in [0.25, 0.3) is 0 Å². The van der Waals surface area contributed by atoms with Gasteiger partial charge in [0.2, 0.25) is 0 Å². The van der Waals surface area contributed by atoms with Crippen molar-refractivity contribution in [3.63, 3.8) is 0 Å². The number of rotatable bonds is 2. The molecule has 0 fully saturated rings. The molecule has 0 radical (unpaired) electrons. The third-order valence-corrected chi connectivity index (χ3v) is 4.16. The maximum atomic E-state index is 5.71. The summed E-state index contributed by atoms with van der Waals surface area (Å²) in [6.07, 6.45) is 0. The highest BCUT2D eigenvalue weighted by Crippen LogP contribution is 2.34. The van der Waals surface area contributed by atoms with Crippen LogP contribution >= 0.6 is 27.7 Å². The Hall–Kier alpha value is -0.930. The Morgan fingerprint density at radius 1 is 1.12 bits per heavy atom. The van der Waals surface area contributed by atoms with Gasteiger partial charge in [0.05, 0.1) is 0 Å². The second-order valence-corrected chi connectivity index (χ2v) is 5.58. The average molecular weight is 294 g/mol. The first-order valence-corrected chi connectivity index (χ1v) is 6.55. The second kappa shape index (κ2) is 4.93. The molecule has 0 aromatic heterocycles. The summed E-state index contributed by atoms with van der Waals surface area (Å²) < 4.78 is 1.04. The van der Waals surface area contributed by atoms with Crippen LogP contribution in [0.4, 0.5) is 5.69 Å². The minimum atomic E-state index is 0.778. The molecule has 0 aliphatic carbocycles. The van der Waals surface area contributed by atoms with Crippen molar-refractivity contribution in [1.82, 2.24) is 0 Å². The lowest BCUT2D eigenvalue weighted by molar-refractivity contribution is 1.34. The SMILES string of the molecule is Cc1cccc(Sc2ccc(N)cc2Br)c1. The molecule has 1 nitrogen and oxygen atoms in total. The molecule has 0 aliphatic rings. The summed E-state index contributed by atoms with van der Waals surface area (Å²) in [4.78, 5) is 2.42. The molecule has 0 atom stereocenters. The minimum Gasteiger partial charge on any atom is -0.399 e. The molecule has 0 unspecified atom stereocenters. The van der Waals surface area contributed by atoms with Crippen LogP contribution in [0.3, 0.4) is 0 Å². The van der Waals surface area contributed by atoms with Gasteiger partial charge in [0.15, 0.2) is 0 Å². The predicted octanol–water partition coefficient (Wildman–Crippen LogP) is 4.49. The van der Waals surface area contributed by atoms with Crippen LogP contribution in [0.15, 0.2) is 56.7 Å². The molecule has 2 aromatic rings. The fourth-order valence-electron chi connectivity index (χ4n) is 1.41. The van der Waals surface area contributed by atoms with E-state index in [0.717, 1.165) is 10.2 Å². The standard InChI is InChI=1S/C13H12BrNS/c1-9-3-2-4-11(7-9)16-13-6-5-10(15)8-12(13)14/h2-8H,15H2,1H3. The van der Waals surface area contributed by atoms with E-state index in [1.807, 2.05) is 18.2 Å². The van der Waals surface area contributed by atoms with Gasteiger partial charge in [-0.15, -0.1) is 0 Å². The molecule has 0 aliphatic heterocycles. The smallest absolute Gasteiger partial charge is 0.0335 e. The maximum absolute atomic E-state index is 5.71. The highest BCUT2D eigenvalue weighted by molar-refractivity contribution is 9.10. The molecule has 0 saturated carbocycles. The van der Waals surface area contributed by atoms with Crippen molar-refractivity contribution in [1.29, 1.82) is 0 Å². The molecule has 0 saturated heterocycles. The lowest BCUT2D eigenvalue weighted by atomic mass is 10.2. The normalized spacial score (nSPS) is 10.4. The van der Waals surface area contributed by atoms with Gasteiger partial charge < -0.3 is 5.73 Å². The summed E-state index contributed by atoms with van der Waals surface area (Å²) in [6, 6.07) is 14.3. The van der Waals surface area contributed by atoms with Crippen molar-refractivity contribution in [3.8, 4) is 0 Å². The number of hydrogen-bond acceptors (Lipinski definition) is 2. The van der Waals surface area contributed by atoms with Crippen LogP contribution in [0.2, 0.25) is 0 Å². The lowest BCUT2D eigenvalue weighted by Gasteiger charge is -2.05. The molecular weight excluding hydrogens is 282 g/mol. The fraction of sp³-hybridized carbons (Fsp3) is 0.0769. The molecule has 3 heteroatoms. The quantitative estimate of drug-likeness (QED) is 0.826. The molecule has 16 heavy (non-hydrogen) atoms. The molecule has 82 valence electrons. The zero-order valence-corrected chi connectivity index (χ0v) is 11.3. The number of halogens is 1. The Bertz CT molecular complexity index is 511. The van der Waals surface area contributed by atoms with E-state index >= 15 is 0 Å². The number of hydrogen-bond donors (Lipinski definition) is 1. The molecule has 2 N–H and O–H groups in total. The van der Waals surface area contributed by atoms with Gasteiger partial charge in [0, 0.05) is 20.0 Å². The van der Waals surface area contributed by atoms with Crippen molar-refractivity contribution in [2.45, 2.75) is 16.7 Å². The first kappa shape index (κ1) is 11.6. The van der Waals surface area contributed by atoms with Crippen LogP contribution in [0.1, 0.15) is 5.56 Å². The van der Waals surface area contributed by atoms with Crippen LogP contribution in [0.5, 0.6) is 0 Å². The lowest BCUT2D eigenvalue weighted by Crippen LogP contribution is -1.84. The molecule has 0 spiro atoms. The van der Waals surface area contributed by atoms with Gasteiger partial charge in [-0.3, -0.25) is 0 Å². The Balaban J connectivity index is 2.27. The summed E-state index contributed by atoms with van der Waals surface area (Å²) in [5.74, 6) is 0. The summed E-state index contributed by atoms with van der Waals surface area (Å²) in [5, 5.41) is 0. The largest absolute Gasteiger partial charge is 0.399 e. The molecule has 2 aromatic carbocycles. The first-order valence-electron chi connectivity index (χ1n) is 4.95. The van der Waals surface area contributed by atoms with E-state index in [4.69, 9.17) is 5.73 Å². The van der Waals surface area contributed by atoms with Gasteiger partial charge in [-0.1, -0.05) is 29.5 Å². The fourth-order valence-corrected chi connectivity index (χ4v) is 2.98. The van der Waals surface area contributed by atoms with Crippen molar-refractivity contribution in [3.05, 3.63) is 52.5 Å². The van der Waals surface area contributed by atoms with Gasteiger partial charge in [-0.2, -0.15) is 0 Å². The zero-order valence-electron chi connectivity index (χ0n) is 8.91. The highest BCUT2D eigenvalue weighted by atomic mass is 79.9. The van der Waals surface area contributed by atoms with Crippen LogP contribution in [-0.4, -0.2) is 0 Å². The number of aryl methyl sites for hydroxylation is 1. The van der Waals surface area contributed by atoms with Crippen LogP contribution in [0.25, 0.3) is 0 Å². The molecule has 0 heterocycles. The summed E-state index contributed by atoms with van der Waals surface area (Å²) in [5.41, 5.74) is 7.76. The van der Waals surface area contributed by atoms with Crippen molar-refractivity contribution < 1.29 is 0 Å². The van der Waals surface area contributed by atoms with Crippen molar-refractivity contribution in [2.24, 2.45) is 0 Å². The van der Waals surface area contributed by atoms with Crippen molar-refractivity contribution >= 4 is 33.4 Å². The zero-order chi connectivity index (χ0) is 11.5. The number of anilines is 1. The third kappa shape index (κ3) is 2.80. The topological polar surface area (TPSA) is 26.0 Å². The maximum Gasteiger partial charge on any atom is 0.0335 e. The molecular formula is C13H12BrNS. The van der Waals surface area contributed by atoms with Crippen LogP contribution in [-0.2, 0) is 0 Å². The first-order chi connectivity index (χ1) is 7.65. The molecule has 0 amide bonds. The van der Waals surface area contributed by atoms with E-state index in [1.54, 1.807) is 11.8 Å². The summed E-state index contributed by atoms with van der Waals surface area (Å²) in [6.45, 7) is 2.10. The summed E-state index contributed by atoms with van der Waals surface area (Å²) in [7, 11) is 0. The van der Waals surface area contributed by atoms with E-state index in [-0.39, 0.29) is 0 Å². The van der Waals surface area contributed by atoms with E-state index < -0.39 is 0 Å². The van der Waals surface area contributed by atoms with Crippen molar-refractivity contribution in [2.75, 3.05) is 5.73 Å². The monoisotopic (exact) mass is 293 g/mol. The average Bonchev–Trinajstić information content (AvgIpc) is 2.22. The van der Waals surface area contributed by atoms with Gasteiger partial charge in [0.1, 0.15) is 0 Å². The predicted molar refractivity (Wildman–Crippen MR) is 73.9 cm³/mol. The van der Waals surface area contributed by atoms with E-state index in [2.05, 4.69) is 47.1 Å². The van der Waals surface area contributed by atoms with Crippen LogP contribution < -0.4 is 5.73 Å². The molecule has 0 bridgehead atoms. The summed E-state index contributed by atoms with van der Waals surface area (Å²) >= 11 is 5.26. The van der Waals surface area contributed by atoms with Gasteiger partial charge >= 0.3 is 0 Å². The second-order valence-electron chi connectivity index (χ2n) is 3.61. The minimum absolute atomic E-state index is 0.778. The van der Waals surface area contributed by atoms with E-state index in [9.17, 15) is 0 Å². The molecule has 2 rings (SSSR count). The van der Waals surface area contributed by atoms with Gasteiger partial charge in [-0.05, 0) is 53.2 Å². The number of nitrogen functional groups attached to an aromatic ring is 1. The Morgan fingerprint density at radius 2 is 1.94 bits per heavy atom. The van der Waals surface area contributed by atoms with E-state index in [0.29, 0.717) is 0 Å². The number of benzene rings is 2. The highest BCUT2D eigenvalue weighted by Gasteiger charge is 2.02. The van der Waals surface area contributed by atoms with Gasteiger partial charge in [-0.25, -0.2) is 0 Å². The Labute approximate surface area is 108 Å².